The van der Waals surface area contributed by atoms with Crippen LogP contribution in [0.2, 0.25) is 0 Å². The van der Waals surface area contributed by atoms with Gasteiger partial charge in [-0.25, -0.2) is 14.4 Å². The number of esters is 2. The van der Waals surface area contributed by atoms with Crippen LogP contribution >= 0.6 is 11.8 Å². The van der Waals surface area contributed by atoms with Gasteiger partial charge in [-0.3, -0.25) is 9.59 Å². The SMILES string of the molecule is CC(=O)NCSC[C@H](NC(=O)OCC1c2ccccc2-c2ccccc21)C(=O)Nc1ccc2c(c1)[C@@H]1OC(=O)/C(=C/O[C@H]3C=C(C)C(=O)O3)[C@@H]1C2. The first-order valence-electron chi connectivity index (χ1n) is 16.5. The Morgan fingerprint density at radius 3 is 2.37 bits per heavy atom. The number of anilines is 1. The van der Waals surface area contributed by atoms with E-state index in [1.165, 1.54) is 31.0 Å². The van der Waals surface area contributed by atoms with Crippen LogP contribution in [0.25, 0.3) is 11.1 Å². The van der Waals surface area contributed by atoms with E-state index in [-0.39, 0.29) is 36.0 Å². The van der Waals surface area contributed by atoms with Crippen LogP contribution < -0.4 is 16.0 Å². The normalized spacial score (nSPS) is 21.0. The Balaban J connectivity index is 1.01. The van der Waals surface area contributed by atoms with E-state index in [9.17, 15) is 24.0 Å². The number of fused-ring (bicyclic) bond motifs is 6. The van der Waals surface area contributed by atoms with Crippen LogP contribution in [0.3, 0.4) is 0 Å². The third-order valence-corrected chi connectivity index (χ3v) is 10.2. The fourth-order valence-electron chi connectivity index (χ4n) is 6.81. The predicted octanol–water partition coefficient (Wildman–Crippen LogP) is 4.86. The smallest absolute Gasteiger partial charge is 0.407 e. The number of carbonyl (C=O) groups excluding carboxylic acids is 5. The Kier molecular flexibility index (Phi) is 9.54. The van der Waals surface area contributed by atoms with E-state index >= 15 is 0 Å². The molecule has 7 rings (SSSR count). The number of hydrogen-bond acceptors (Lipinski definition) is 10. The van der Waals surface area contributed by atoms with Crippen LogP contribution in [-0.2, 0) is 44.5 Å². The van der Waals surface area contributed by atoms with Crippen molar-refractivity contribution in [2.45, 2.75) is 44.6 Å². The molecule has 1 fully saturated rings. The van der Waals surface area contributed by atoms with Gasteiger partial charge in [-0.05, 0) is 58.9 Å². The van der Waals surface area contributed by atoms with Crippen molar-refractivity contribution in [2.24, 2.45) is 5.92 Å². The van der Waals surface area contributed by atoms with Crippen LogP contribution in [0.15, 0.2) is 90.2 Å². The maximum Gasteiger partial charge on any atom is 0.407 e. The number of rotatable bonds is 11. The minimum atomic E-state index is -1.00. The van der Waals surface area contributed by atoms with Crippen molar-refractivity contribution in [3.8, 4) is 11.1 Å². The lowest BCUT2D eigenvalue weighted by Gasteiger charge is -2.20. The Bertz CT molecular complexity index is 1950. The Hall–Kier alpha value is -5.56. The molecule has 2 heterocycles. The summed E-state index contributed by atoms with van der Waals surface area (Å²) in [5, 5.41) is 8.26. The highest BCUT2D eigenvalue weighted by Gasteiger charge is 2.47. The molecule has 0 saturated carbocycles. The second-order valence-corrected chi connectivity index (χ2v) is 13.7. The summed E-state index contributed by atoms with van der Waals surface area (Å²) in [5.74, 6) is -1.76. The van der Waals surface area contributed by atoms with Gasteiger partial charge in [0.15, 0.2) is 0 Å². The highest BCUT2D eigenvalue weighted by molar-refractivity contribution is 7.99. The van der Waals surface area contributed by atoms with Gasteiger partial charge in [0.2, 0.25) is 11.8 Å². The number of benzene rings is 3. The van der Waals surface area contributed by atoms with Crippen molar-refractivity contribution in [3.05, 3.63) is 112 Å². The van der Waals surface area contributed by atoms with Crippen LogP contribution in [-0.4, -0.2) is 60.4 Å². The number of cyclic esters (lactones) is 1. The highest BCUT2D eigenvalue weighted by Crippen LogP contribution is 2.49. The number of hydrogen-bond donors (Lipinski definition) is 3. The molecule has 3 amide bonds. The minimum Gasteiger partial charge on any atom is -0.458 e. The molecule has 1 saturated heterocycles. The van der Waals surface area contributed by atoms with Crippen LogP contribution in [0.1, 0.15) is 48.1 Å². The summed E-state index contributed by atoms with van der Waals surface area (Å²) in [6, 6.07) is 20.4. The summed E-state index contributed by atoms with van der Waals surface area (Å²) in [6.07, 6.45) is 1.11. The monoisotopic (exact) mass is 709 g/mol. The van der Waals surface area contributed by atoms with Crippen molar-refractivity contribution in [1.29, 1.82) is 0 Å². The van der Waals surface area contributed by atoms with E-state index in [0.29, 0.717) is 23.3 Å². The average molecular weight is 710 g/mol. The largest absolute Gasteiger partial charge is 0.458 e. The number of thioether (sulfide) groups is 1. The zero-order valence-electron chi connectivity index (χ0n) is 27.8. The molecular weight excluding hydrogens is 674 g/mol. The number of ether oxygens (including phenoxy) is 4. The second-order valence-electron chi connectivity index (χ2n) is 12.6. The van der Waals surface area contributed by atoms with Gasteiger partial charge in [-0.1, -0.05) is 54.6 Å². The summed E-state index contributed by atoms with van der Waals surface area (Å²) in [7, 11) is 0. The molecule has 13 heteroatoms. The van der Waals surface area contributed by atoms with E-state index < -0.39 is 42.4 Å². The second kappa shape index (κ2) is 14.4. The molecule has 262 valence electrons. The van der Waals surface area contributed by atoms with E-state index in [0.717, 1.165) is 33.4 Å². The van der Waals surface area contributed by atoms with Crippen molar-refractivity contribution in [1.82, 2.24) is 10.6 Å². The van der Waals surface area contributed by atoms with Crippen LogP contribution in [0.5, 0.6) is 0 Å². The molecular formula is C38H35N3O9S. The zero-order chi connectivity index (χ0) is 35.6. The van der Waals surface area contributed by atoms with Gasteiger partial charge in [-0.2, -0.15) is 0 Å². The number of nitrogens with one attached hydrogen (secondary N) is 3. The molecule has 3 aromatic rings. The molecule has 12 nitrogen and oxygen atoms in total. The third kappa shape index (κ3) is 7.07. The first kappa shape index (κ1) is 33.9. The third-order valence-electron chi connectivity index (χ3n) is 9.31. The summed E-state index contributed by atoms with van der Waals surface area (Å²) in [6.45, 7) is 3.10. The number of carbonyl (C=O) groups is 5. The fraction of sp³-hybridized carbons (Fsp3) is 0.289. The zero-order valence-corrected chi connectivity index (χ0v) is 28.6. The number of alkyl carbamates (subject to hydrolysis) is 1. The van der Waals surface area contributed by atoms with E-state index in [2.05, 4.69) is 28.1 Å². The maximum atomic E-state index is 13.6. The van der Waals surface area contributed by atoms with Crippen molar-refractivity contribution in [3.63, 3.8) is 0 Å². The molecule has 3 aromatic carbocycles. The predicted molar refractivity (Wildman–Crippen MR) is 187 cm³/mol. The molecule has 4 atom stereocenters. The first-order chi connectivity index (χ1) is 24.7. The Morgan fingerprint density at radius 1 is 0.961 bits per heavy atom. The first-order valence-corrected chi connectivity index (χ1v) is 17.6. The average Bonchev–Trinajstić information content (AvgIpc) is 3.82. The van der Waals surface area contributed by atoms with Gasteiger partial charge in [-0.15, -0.1) is 11.8 Å². The van der Waals surface area contributed by atoms with Crippen molar-refractivity contribution in [2.75, 3.05) is 23.6 Å². The van der Waals surface area contributed by atoms with Gasteiger partial charge in [0, 0.05) is 41.8 Å². The van der Waals surface area contributed by atoms with Gasteiger partial charge in [0.1, 0.15) is 18.8 Å². The lowest BCUT2D eigenvalue weighted by atomic mass is 9.98. The lowest BCUT2D eigenvalue weighted by Crippen LogP contribution is -2.46. The van der Waals surface area contributed by atoms with E-state index in [1.807, 2.05) is 42.5 Å². The molecule has 0 bridgehead atoms. The molecule has 3 N–H and O–H groups in total. The van der Waals surface area contributed by atoms with E-state index in [1.54, 1.807) is 19.1 Å². The maximum absolute atomic E-state index is 13.6. The van der Waals surface area contributed by atoms with Gasteiger partial charge < -0.3 is 34.9 Å². The Morgan fingerprint density at radius 2 is 1.69 bits per heavy atom. The van der Waals surface area contributed by atoms with E-state index in [4.69, 9.17) is 18.9 Å². The standard InChI is InChI=1S/C38H35N3O9S/c1-20-13-33(49-36(20)44)47-17-31-29-14-22-11-12-23(15-28(22)34(29)50-37(31)45)40-35(43)32(18-51-19-39-21(2)42)41-38(46)48-16-30-26-9-5-3-7-24(26)25-8-4-6-10-27(25)30/h3-13,15,17,29-30,32-34H,14,16,18-19H2,1-2H3,(H,39,42)(H,40,43)(H,41,46)/b31-17+/t29-,32-,33+,34-/m0/s1. The molecule has 2 aliphatic heterocycles. The van der Waals surface area contributed by atoms with Crippen LogP contribution in [0, 0.1) is 5.92 Å². The van der Waals surface area contributed by atoms with Crippen molar-refractivity contribution >= 4 is 47.3 Å². The summed E-state index contributed by atoms with van der Waals surface area (Å²) in [5.41, 5.74) is 7.25. The topological polar surface area (TPSA) is 158 Å². The summed E-state index contributed by atoms with van der Waals surface area (Å²) >= 11 is 1.27. The highest BCUT2D eigenvalue weighted by atomic mass is 32.2. The molecule has 4 aliphatic rings. The quantitative estimate of drug-likeness (QED) is 0.0627. The van der Waals surface area contributed by atoms with Gasteiger partial charge >= 0.3 is 18.0 Å². The summed E-state index contributed by atoms with van der Waals surface area (Å²) < 4.78 is 22.1. The molecule has 0 aromatic heterocycles. The molecule has 2 aliphatic carbocycles. The Labute approximate surface area is 297 Å². The molecule has 0 radical (unpaired) electrons. The molecule has 0 unspecified atom stereocenters. The molecule has 0 spiro atoms. The van der Waals surface area contributed by atoms with Gasteiger partial charge in [0.05, 0.1) is 17.7 Å². The molecule has 51 heavy (non-hydrogen) atoms. The summed E-state index contributed by atoms with van der Waals surface area (Å²) in [4.78, 5) is 62.6. The van der Waals surface area contributed by atoms with Gasteiger partial charge in [0.25, 0.3) is 6.29 Å². The minimum absolute atomic E-state index is 0.0863. The fourth-order valence-corrected chi connectivity index (χ4v) is 7.70. The lowest BCUT2D eigenvalue weighted by molar-refractivity contribution is -0.152. The number of amides is 3. The van der Waals surface area contributed by atoms with Crippen LogP contribution in [0.4, 0.5) is 10.5 Å². The van der Waals surface area contributed by atoms with Crippen molar-refractivity contribution < 1.29 is 42.9 Å².